The minimum absolute atomic E-state index is 0.119. The summed E-state index contributed by atoms with van der Waals surface area (Å²) in [4.78, 5) is 13.3. The summed E-state index contributed by atoms with van der Waals surface area (Å²) in [6, 6.07) is 8.56. The van der Waals surface area contributed by atoms with Crippen LogP contribution in [0.25, 0.3) is 0 Å². The zero-order valence-electron chi connectivity index (χ0n) is 11.4. The molecule has 18 heavy (non-hydrogen) atoms. The maximum absolute atomic E-state index is 11.7. The van der Waals surface area contributed by atoms with E-state index in [1.165, 1.54) is 24.0 Å². The molecule has 0 bridgehead atoms. The van der Waals surface area contributed by atoms with Crippen molar-refractivity contribution in [3.05, 3.63) is 35.4 Å². The fourth-order valence-electron chi connectivity index (χ4n) is 2.12. The van der Waals surface area contributed by atoms with Crippen molar-refractivity contribution >= 4 is 5.91 Å². The van der Waals surface area contributed by atoms with Crippen LogP contribution in [0, 0.1) is 0 Å². The molecule has 0 aliphatic heterocycles. The van der Waals surface area contributed by atoms with Gasteiger partial charge in [-0.2, -0.15) is 0 Å². The van der Waals surface area contributed by atoms with Gasteiger partial charge in [-0.25, -0.2) is 0 Å². The molecule has 0 saturated heterocycles. The minimum Gasteiger partial charge on any atom is -0.347 e. The molecule has 1 aliphatic carbocycles. The molecule has 3 nitrogen and oxygen atoms in total. The SMILES string of the molecule is CC(NCc1cccc(C2CC2)c1)C(=O)N(C)C. The summed E-state index contributed by atoms with van der Waals surface area (Å²) < 4.78 is 0. The van der Waals surface area contributed by atoms with Gasteiger partial charge in [0.25, 0.3) is 0 Å². The Morgan fingerprint density at radius 1 is 1.44 bits per heavy atom. The van der Waals surface area contributed by atoms with E-state index < -0.39 is 0 Å². The smallest absolute Gasteiger partial charge is 0.238 e. The molecular formula is C15H22N2O. The lowest BCUT2D eigenvalue weighted by Crippen LogP contribution is -2.41. The molecule has 3 heteroatoms. The highest BCUT2D eigenvalue weighted by Gasteiger charge is 2.23. The average molecular weight is 246 g/mol. The molecule has 1 atom stereocenters. The van der Waals surface area contributed by atoms with Gasteiger partial charge in [0, 0.05) is 20.6 Å². The van der Waals surface area contributed by atoms with E-state index >= 15 is 0 Å². The number of benzene rings is 1. The number of rotatable bonds is 5. The first-order chi connectivity index (χ1) is 8.58. The molecular weight excluding hydrogens is 224 g/mol. The predicted octanol–water partition coefficient (Wildman–Crippen LogP) is 2.13. The van der Waals surface area contributed by atoms with Crippen LogP contribution in [-0.2, 0) is 11.3 Å². The monoisotopic (exact) mass is 246 g/mol. The molecule has 2 rings (SSSR count). The van der Waals surface area contributed by atoms with Crippen LogP contribution in [-0.4, -0.2) is 30.9 Å². The number of carbonyl (C=O) groups is 1. The van der Waals surface area contributed by atoms with Crippen molar-refractivity contribution in [2.45, 2.75) is 38.3 Å². The molecule has 0 spiro atoms. The van der Waals surface area contributed by atoms with Gasteiger partial charge in [-0.3, -0.25) is 4.79 Å². The Morgan fingerprint density at radius 2 is 2.17 bits per heavy atom. The molecule has 98 valence electrons. The number of nitrogens with zero attached hydrogens (tertiary/aromatic N) is 1. The number of carbonyl (C=O) groups excluding carboxylic acids is 1. The van der Waals surface area contributed by atoms with Crippen LogP contribution in [0.15, 0.2) is 24.3 Å². The number of hydrogen-bond acceptors (Lipinski definition) is 2. The van der Waals surface area contributed by atoms with Crippen molar-refractivity contribution < 1.29 is 4.79 Å². The standard InChI is InChI=1S/C15H22N2O/c1-11(15(18)17(2)3)16-10-12-5-4-6-14(9-12)13-7-8-13/h4-6,9,11,13,16H,7-8,10H2,1-3H3. The Labute approximate surface area is 109 Å². The fourth-order valence-corrected chi connectivity index (χ4v) is 2.12. The Balaban J connectivity index is 1.89. The van der Waals surface area contributed by atoms with Crippen molar-refractivity contribution in [2.24, 2.45) is 0 Å². The number of likely N-dealkylation sites (N-methyl/N-ethyl adjacent to an activating group) is 1. The van der Waals surface area contributed by atoms with Gasteiger partial charge >= 0.3 is 0 Å². The summed E-state index contributed by atoms with van der Waals surface area (Å²) >= 11 is 0. The zero-order chi connectivity index (χ0) is 13.1. The largest absolute Gasteiger partial charge is 0.347 e. The number of amides is 1. The van der Waals surface area contributed by atoms with Gasteiger partial charge in [-0.05, 0) is 36.8 Å². The number of hydrogen-bond donors (Lipinski definition) is 1. The van der Waals surface area contributed by atoms with E-state index in [1.807, 2.05) is 6.92 Å². The van der Waals surface area contributed by atoms with Gasteiger partial charge in [0.2, 0.25) is 5.91 Å². The normalized spacial score (nSPS) is 16.4. The summed E-state index contributed by atoms with van der Waals surface area (Å²) in [7, 11) is 3.57. The highest BCUT2D eigenvalue weighted by molar-refractivity contribution is 5.80. The molecule has 0 aromatic heterocycles. The van der Waals surface area contributed by atoms with Crippen LogP contribution in [0.1, 0.15) is 36.8 Å². The molecule has 1 aliphatic rings. The molecule has 1 N–H and O–H groups in total. The summed E-state index contributed by atoms with van der Waals surface area (Å²) in [5, 5.41) is 3.28. The van der Waals surface area contributed by atoms with Crippen LogP contribution < -0.4 is 5.32 Å². The molecule has 0 radical (unpaired) electrons. The van der Waals surface area contributed by atoms with E-state index in [9.17, 15) is 4.79 Å². The molecule has 1 saturated carbocycles. The second kappa shape index (κ2) is 5.53. The van der Waals surface area contributed by atoms with Crippen LogP contribution in [0.3, 0.4) is 0 Å². The van der Waals surface area contributed by atoms with Gasteiger partial charge in [-0.1, -0.05) is 24.3 Å². The predicted molar refractivity (Wildman–Crippen MR) is 73.4 cm³/mol. The average Bonchev–Trinajstić information content (AvgIpc) is 3.19. The number of nitrogens with one attached hydrogen (secondary N) is 1. The first kappa shape index (κ1) is 13.1. The van der Waals surface area contributed by atoms with E-state index in [4.69, 9.17) is 0 Å². The van der Waals surface area contributed by atoms with Crippen molar-refractivity contribution in [2.75, 3.05) is 14.1 Å². The molecule has 1 aromatic rings. The molecule has 1 fully saturated rings. The second-order valence-corrected chi connectivity index (χ2v) is 5.35. The highest BCUT2D eigenvalue weighted by Crippen LogP contribution is 2.40. The van der Waals surface area contributed by atoms with Crippen LogP contribution >= 0.6 is 0 Å². The van der Waals surface area contributed by atoms with Crippen molar-refractivity contribution in [3.63, 3.8) is 0 Å². The maximum Gasteiger partial charge on any atom is 0.238 e. The van der Waals surface area contributed by atoms with Gasteiger partial charge < -0.3 is 10.2 Å². The van der Waals surface area contributed by atoms with Crippen molar-refractivity contribution in [1.29, 1.82) is 0 Å². The first-order valence-corrected chi connectivity index (χ1v) is 6.61. The lowest BCUT2D eigenvalue weighted by Gasteiger charge is -2.18. The van der Waals surface area contributed by atoms with Gasteiger partial charge in [0.15, 0.2) is 0 Å². The van der Waals surface area contributed by atoms with Crippen LogP contribution in [0.4, 0.5) is 0 Å². The summed E-state index contributed by atoms with van der Waals surface area (Å²) in [6.45, 7) is 2.66. The molecule has 1 aromatic carbocycles. The van der Waals surface area contributed by atoms with E-state index in [1.54, 1.807) is 19.0 Å². The Kier molecular flexibility index (Phi) is 4.02. The van der Waals surface area contributed by atoms with Crippen LogP contribution in [0.5, 0.6) is 0 Å². The highest BCUT2D eigenvalue weighted by atomic mass is 16.2. The zero-order valence-corrected chi connectivity index (χ0v) is 11.4. The quantitative estimate of drug-likeness (QED) is 0.863. The van der Waals surface area contributed by atoms with E-state index in [-0.39, 0.29) is 11.9 Å². The molecule has 1 unspecified atom stereocenters. The van der Waals surface area contributed by atoms with Gasteiger partial charge in [0.1, 0.15) is 0 Å². The Bertz CT molecular complexity index is 424. The van der Waals surface area contributed by atoms with E-state index in [0.29, 0.717) is 0 Å². The first-order valence-electron chi connectivity index (χ1n) is 6.61. The Hall–Kier alpha value is -1.35. The lowest BCUT2D eigenvalue weighted by atomic mass is 10.1. The third-order valence-corrected chi connectivity index (χ3v) is 3.42. The molecule has 0 heterocycles. The lowest BCUT2D eigenvalue weighted by molar-refractivity contribution is -0.130. The molecule has 1 amide bonds. The second-order valence-electron chi connectivity index (χ2n) is 5.35. The fraction of sp³-hybridized carbons (Fsp3) is 0.533. The van der Waals surface area contributed by atoms with E-state index in [2.05, 4.69) is 29.6 Å². The van der Waals surface area contributed by atoms with Crippen molar-refractivity contribution in [3.8, 4) is 0 Å². The van der Waals surface area contributed by atoms with Gasteiger partial charge in [-0.15, -0.1) is 0 Å². The summed E-state index contributed by atoms with van der Waals surface area (Å²) in [6.07, 6.45) is 2.65. The van der Waals surface area contributed by atoms with Gasteiger partial charge in [0.05, 0.1) is 6.04 Å². The Morgan fingerprint density at radius 3 is 2.78 bits per heavy atom. The van der Waals surface area contributed by atoms with E-state index in [0.717, 1.165) is 12.5 Å². The summed E-state index contributed by atoms with van der Waals surface area (Å²) in [5.41, 5.74) is 2.71. The maximum atomic E-state index is 11.7. The third kappa shape index (κ3) is 3.33. The van der Waals surface area contributed by atoms with Crippen LogP contribution in [0.2, 0.25) is 0 Å². The summed E-state index contributed by atoms with van der Waals surface area (Å²) in [5.74, 6) is 0.902. The van der Waals surface area contributed by atoms with Crippen molar-refractivity contribution in [1.82, 2.24) is 10.2 Å². The minimum atomic E-state index is -0.135. The topological polar surface area (TPSA) is 32.3 Å². The third-order valence-electron chi connectivity index (χ3n) is 3.42.